The molecule has 5 aromatic carbocycles. The second-order valence-electron chi connectivity index (χ2n) is 9.73. The summed E-state index contributed by atoms with van der Waals surface area (Å²) < 4.78 is 0. The Morgan fingerprint density at radius 1 is 0.357 bits per heavy atom. The molecule has 0 bridgehead atoms. The molecule has 5 aromatic rings. The normalized spacial score (nSPS) is 10.3. The van der Waals surface area contributed by atoms with Gasteiger partial charge in [-0.2, -0.15) is 0 Å². The Labute approximate surface area is 249 Å². The SMILES string of the molecule is C=Cc1c(C#Cc2c(C=C)c(C=C)c(-c3ccccc3)c3ccccc23)c(C=C)c(C=C)c(-c2ccccc2)c1C=C. The highest BCUT2D eigenvalue weighted by molar-refractivity contribution is 6.06. The number of hydrogen-bond acceptors (Lipinski definition) is 0. The summed E-state index contributed by atoms with van der Waals surface area (Å²) >= 11 is 0. The lowest BCUT2D eigenvalue weighted by molar-refractivity contribution is 1.49. The van der Waals surface area contributed by atoms with Gasteiger partial charge >= 0.3 is 0 Å². The van der Waals surface area contributed by atoms with Crippen molar-refractivity contribution in [3.05, 3.63) is 169 Å². The molecule has 0 aliphatic heterocycles. The van der Waals surface area contributed by atoms with Crippen LogP contribution in [-0.2, 0) is 0 Å². The number of benzene rings is 5. The molecular weight excluding hydrogens is 504 g/mol. The van der Waals surface area contributed by atoms with Crippen LogP contribution in [0.5, 0.6) is 0 Å². The second kappa shape index (κ2) is 12.3. The van der Waals surface area contributed by atoms with E-state index in [0.717, 1.165) is 77.5 Å². The van der Waals surface area contributed by atoms with Crippen molar-refractivity contribution < 1.29 is 0 Å². The summed E-state index contributed by atoms with van der Waals surface area (Å²) in [5.74, 6) is 7.09. The molecule has 0 aliphatic rings. The maximum Gasteiger partial charge on any atom is 0.0406 e. The van der Waals surface area contributed by atoms with Gasteiger partial charge in [-0.3, -0.25) is 0 Å². The third kappa shape index (κ3) is 4.68. The Morgan fingerprint density at radius 3 is 1.19 bits per heavy atom. The van der Waals surface area contributed by atoms with Crippen LogP contribution >= 0.6 is 0 Å². The van der Waals surface area contributed by atoms with Gasteiger partial charge in [0.15, 0.2) is 0 Å². The van der Waals surface area contributed by atoms with E-state index in [1.54, 1.807) is 0 Å². The van der Waals surface area contributed by atoms with Crippen molar-refractivity contribution in [2.24, 2.45) is 0 Å². The smallest absolute Gasteiger partial charge is 0.0406 e. The predicted molar refractivity (Wildman–Crippen MR) is 188 cm³/mol. The average molecular weight is 537 g/mol. The van der Waals surface area contributed by atoms with E-state index in [2.05, 4.69) is 106 Å². The van der Waals surface area contributed by atoms with E-state index in [9.17, 15) is 0 Å². The molecular formula is C42H32. The van der Waals surface area contributed by atoms with Crippen molar-refractivity contribution in [2.45, 2.75) is 0 Å². The molecule has 0 nitrogen and oxygen atoms in total. The van der Waals surface area contributed by atoms with Gasteiger partial charge in [-0.15, -0.1) is 0 Å². The molecule has 5 rings (SSSR count). The largest absolute Gasteiger partial charge is 0.0984 e. The molecule has 0 saturated heterocycles. The van der Waals surface area contributed by atoms with Crippen LogP contribution in [0.15, 0.2) is 124 Å². The molecule has 0 saturated carbocycles. The molecule has 0 radical (unpaired) electrons. The van der Waals surface area contributed by atoms with Gasteiger partial charge in [-0.25, -0.2) is 0 Å². The fourth-order valence-electron chi connectivity index (χ4n) is 5.81. The van der Waals surface area contributed by atoms with Crippen LogP contribution < -0.4 is 0 Å². The van der Waals surface area contributed by atoms with Gasteiger partial charge in [0.2, 0.25) is 0 Å². The van der Waals surface area contributed by atoms with E-state index >= 15 is 0 Å². The van der Waals surface area contributed by atoms with Crippen LogP contribution in [0.1, 0.15) is 44.5 Å². The van der Waals surface area contributed by atoms with E-state index in [1.807, 2.05) is 66.8 Å². The molecule has 0 heteroatoms. The maximum absolute atomic E-state index is 4.19. The Balaban J connectivity index is 1.89. The van der Waals surface area contributed by atoms with Crippen LogP contribution in [0.3, 0.4) is 0 Å². The fraction of sp³-hybridized carbons (Fsp3) is 0. The van der Waals surface area contributed by atoms with Crippen molar-refractivity contribution in [3.8, 4) is 34.1 Å². The molecule has 0 atom stereocenters. The monoisotopic (exact) mass is 536 g/mol. The van der Waals surface area contributed by atoms with E-state index < -0.39 is 0 Å². The van der Waals surface area contributed by atoms with Crippen molar-refractivity contribution in [1.29, 1.82) is 0 Å². The quantitative estimate of drug-likeness (QED) is 0.173. The van der Waals surface area contributed by atoms with Gasteiger partial charge < -0.3 is 0 Å². The maximum atomic E-state index is 4.19. The molecule has 0 fully saturated rings. The van der Waals surface area contributed by atoms with Crippen molar-refractivity contribution in [1.82, 2.24) is 0 Å². The molecule has 0 N–H and O–H groups in total. The Bertz CT molecular complexity index is 1910. The fourth-order valence-corrected chi connectivity index (χ4v) is 5.81. The van der Waals surface area contributed by atoms with E-state index in [4.69, 9.17) is 0 Å². The van der Waals surface area contributed by atoms with Crippen LogP contribution in [0.25, 0.3) is 69.5 Å². The Hall–Kier alpha value is -5.64. The highest BCUT2D eigenvalue weighted by Crippen LogP contribution is 2.40. The zero-order chi connectivity index (χ0) is 29.6. The number of rotatable bonds is 8. The summed E-state index contributed by atoms with van der Waals surface area (Å²) in [4.78, 5) is 0. The minimum absolute atomic E-state index is 0.830. The zero-order valence-electron chi connectivity index (χ0n) is 23.8. The van der Waals surface area contributed by atoms with Crippen LogP contribution in [0.4, 0.5) is 0 Å². The minimum atomic E-state index is 0.830. The first-order valence-corrected chi connectivity index (χ1v) is 13.8. The standard InChI is InChI=1S/C42H32/c1-7-31-34(10-4)41(29-21-15-13-16-22-29)35(11-5)32(8-2)38(31)27-28-39-33(9-3)36(12-6)42(30-23-17-14-18-24-30)40-26-20-19-25-37(39)40/h7-26H,1-6H2. The van der Waals surface area contributed by atoms with Gasteiger partial charge in [0.05, 0.1) is 0 Å². The lowest BCUT2D eigenvalue weighted by atomic mass is 9.83. The highest BCUT2D eigenvalue weighted by Gasteiger charge is 2.20. The Morgan fingerprint density at radius 2 is 0.714 bits per heavy atom. The van der Waals surface area contributed by atoms with Crippen LogP contribution in [0, 0.1) is 11.8 Å². The van der Waals surface area contributed by atoms with Gasteiger partial charge in [-0.1, -0.05) is 173 Å². The predicted octanol–water partition coefficient (Wildman–Crippen LogP) is 11.4. The Kier molecular flexibility index (Phi) is 8.14. The van der Waals surface area contributed by atoms with E-state index in [-0.39, 0.29) is 0 Å². The summed E-state index contributed by atoms with van der Waals surface area (Å²) in [6.07, 6.45) is 11.2. The van der Waals surface area contributed by atoms with Gasteiger partial charge in [0, 0.05) is 11.1 Å². The molecule has 0 spiro atoms. The number of hydrogen-bond donors (Lipinski definition) is 0. The van der Waals surface area contributed by atoms with Crippen molar-refractivity contribution in [3.63, 3.8) is 0 Å². The summed E-state index contributed by atoms with van der Waals surface area (Å²) in [5, 5.41) is 2.16. The number of fused-ring (bicyclic) bond motifs is 1. The van der Waals surface area contributed by atoms with E-state index in [0.29, 0.717) is 0 Å². The summed E-state index contributed by atoms with van der Waals surface area (Å²) in [5.41, 5.74) is 11.8. The average Bonchev–Trinajstić information content (AvgIpc) is 3.05. The molecule has 0 aliphatic carbocycles. The third-order valence-electron chi connectivity index (χ3n) is 7.61. The molecule has 0 aromatic heterocycles. The molecule has 0 heterocycles. The molecule has 0 unspecified atom stereocenters. The topological polar surface area (TPSA) is 0 Å². The van der Waals surface area contributed by atoms with E-state index in [1.165, 1.54) is 0 Å². The highest BCUT2D eigenvalue weighted by atomic mass is 14.2. The van der Waals surface area contributed by atoms with Crippen LogP contribution in [-0.4, -0.2) is 0 Å². The lowest BCUT2D eigenvalue weighted by Crippen LogP contribution is -2.01. The lowest BCUT2D eigenvalue weighted by Gasteiger charge is -2.20. The van der Waals surface area contributed by atoms with Gasteiger partial charge in [-0.05, 0) is 66.4 Å². The molecule has 200 valence electrons. The summed E-state index contributed by atoms with van der Waals surface area (Å²) in [6.45, 7) is 25.0. The first kappa shape index (κ1) is 27.9. The summed E-state index contributed by atoms with van der Waals surface area (Å²) in [6, 6.07) is 29.0. The minimum Gasteiger partial charge on any atom is -0.0984 e. The van der Waals surface area contributed by atoms with Crippen molar-refractivity contribution in [2.75, 3.05) is 0 Å². The third-order valence-corrected chi connectivity index (χ3v) is 7.61. The van der Waals surface area contributed by atoms with Gasteiger partial charge in [0.1, 0.15) is 0 Å². The molecule has 0 amide bonds. The first-order valence-electron chi connectivity index (χ1n) is 13.8. The van der Waals surface area contributed by atoms with Gasteiger partial charge in [0.25, 0.3) is 0 Å². The molecule has 42 heavy (non-hydrogen) atoms. The second-order valence-corrected chi connectivity index (χ2v) is 9.73. The zero-order valence-corrected chi connectivity index (χ0v) is 23.8. The van der Waals surface area contributed by atoms with Crippen molar-refractivity contribution >= 4 is 47.2 Å². The van der Waals surface area contributed by atoms with Crippen LogP contribution in [0.2, 0.25) is 0 Å². The first-order chi connectivity index (χ1) is 20.6. The summed E-state index contributed by atoms with van der Waals surface area (Å²) in [7, 11) is 0.